The van der Waals surface area contributed by atoms with Gasteiger partial charge in [0.1, 0.15) is 53.0 Å². The van der Waals surface area contributed by atoms with Crippen LogP contribution in [-0.4, -0.2) is 114 Å². The molecule has 0 aliphatic heterocycles. The zero-order valence-electron chi connectivity index (χ0n) is 41.3. The van der Waals surface area contributed by atoms with Gasteiger partial charge in [-0.1, -0.05) is 80.0 Å². The Morgan fingerprint density at radius 3 is 1.40 bits per heavy atom. The highest BCUT2D eigenvalue weighted by molar-refractivity contribution is 5.99. The molecule has 0 saturated carbocycles. The Morgan fingerprint density at radius 1 is 0.538 bits per heavy atom. The quantitative estimate of drug-likeness (QED) is 0.0654. The molecule has 366 valence electrons. The average Bonchev–Trinajstić information content (AvgIpc) is 3.19. The second kappa shape index (κ2) is 24.5. The van der Waals surface area contributed by atoms with Crippen LogP contribution in [0, 0.1) is 23.7 Å². The molecular formula is C46H75N7O12. The third-order valence-electron chi connectivity index (χ3n) is 10.4. The predicted octanol–water partition coefficient (Wildman–Crippen LogP) is 3.04. The zero-order chi connectivity index (χ0) is 50.4. The molecule has 0 aliphatic carbocycles. The van der Waals surface area contributed by atoms with E-state index in [-0.39, 0.29) is 5.56 Å². The lowest BCUT2D eigenvalue weighted by Crippen LogP contribution is -2.66. The van der Waals surface area contributed by atoms with E-state index in [0.29, 0.717) is 6.42 Å². The third-order valence-corrected chi connectivity index (χ3v) is 10.4. The Morgan fingerprint density at radius 2 is 0.954 bits per heavy atom. The number of carbonyl (C=O) groups is 9. The molecule has 0 radical (unpaired) electrons. The number of carbonyl (C=O) groups excluding carboxylic acids is 9. The summed E-state index contributed by atoms with van der Waals surface area (Å²) in [6.07, 6.45) is -1.74. The van der Waals surface area contributed by atoms with E-state index in [4.69, 9.17) is 14.2 Å². The molecule has 0 heterocycles. The van der Waals surface area contributed by atoms with Gasteiger partial charge in [-0.05, 0) is 91.2 Å². The van der Waals surface area contributed by atoms with Crippen molar-refractivity contribution in [1.82, 2.24) is 37.2 Å². The molecule has 7 N–H and O–H groups in total. The van der Waals surface area contributed by atoms with E-state index in [1.54, 1.807) is 94.4 Å². The van der Waals surface area contributed by atoms with Crippen molar-refractivity contribution in [3.05, 3.63) is 35.9 Å². The van der Waals surface area contributed by atoms with Gasteiger partial charge in [0, 0.05) is 0 Å². The summed E-state index contributed by atoms with van der Waals surface area (Å²) in [4.78, 5) is 121. The minimum absolute atomic E-state index is 0.163. The molecule has 19 nitrogen and oxygen atoms in total. The van der Waals surface area contributed by atoms with Gasteiger partial charge in [0.25, 0.3) is 0 Å². The normalized spacial score (nSPS) is 15.1. The van der Waals surface area contributed by atoms with Gasteiger partial charge in [0.2, 0.25) is 35.4 Å². The van der Waals surface area contributed by atoms with E-state index in [1.807, 2.05) is 0 Å². The lowest BCUT2D eigenvalue weighted by Gasteiger charge is -2.34. The van der Waals surface area contributed by atoms with Crippen molar-refractivity contribution in [3.8, 4) is 0 Å². The highest BCUT2D eigenvalue weighted by Crippen LogP contribution is 2.16. The summed E-state index contributed by atoms with van der Waals surface area (Å²) < 4.78 is 15.8. The first-order valence-corrected chi connectivity index (χ1v) is 22.0. The van der Waals surface area contributed by atoms with Gasteiger partial charge in [-0.15, -0.1) is 0 Å². The van der Waals surface area contributed by atoms with Crippen LogP contribution < -0.4 is 37.2 Å². The van der Waals surface area contributed by atoms with Gasteiger partial charge < -0.3 is 51.4 Å². The topological polar surface area (TPSA) is 266 Å². The fourth-order valence-electron chi connectivity index (χ4n) is 6.20. The van der Waals surface area contributed by atoms with Gasteiger partial charge in [-0.3, -0.25) is 28.8 Å². The number of alkyl carbamates (subject to hydrolysis) is 1. The first-order chi connectivity index (χ1) is 29.8. The van der Waals surface area contributed by atoms with Crippen molar-refractivity contribution >= 4 is 53.5 Å². The van der Waals surface area contributed by atoms with E-state index in [0.717, 1.165) is 7.11 Å². The number of hydrogen-bond acceptors (Lipinski definition) is 12. The number of methoxy groups -OCH3 is 1. The molecule has 0 fully saturated rings. The van der Waals surface area contributed by atoms with Crippen LogP contribution in [0.4, 0.5) is 4.79 Å². The van der Waals surface area contributed by atoms with E-state index in [9.17, 15) is 43.2 Å². The highest BCUT2D eigenvalue weighted by Gasteiger charge is 2.42. The van der Waals surface area contributed by atoms with Crippen LogP contribution in [0.3, 0.4) is 0 Å². The number of rotatable bonds is 22. The summed E-state index contributed by atoms with van der Waals surface area (Å²) in [5.74, 6) is -8.09. The molecule has 1 aromatic carbocycles. The SMILES string of the molecule is CC[C@H](C)[C@H](NC(=O)[C@@H](NC(=O)[C@@H](NC(=O)OC(C)(C)C)C(C)C)C(C)C)C(=O)NC(C)(C)C(=O)N[C@H](C(=O)N[C@H](C(=O)NC(C)(C)C(=O)OC)C(C)C)[C@@H](C)OC(=O)c1ccccc1. The van der Waals surface area contributed by atoms with Gasteiger partial charge >= 0.3 is 18.0 Å². The smallest absolute Gasteiger partial charge is 0.408 e. The van der Waals surface area contributed by atoms with Crippen LogP contribution in [0.2, 0.25) is 0 Å². The maximum atomic E-state index is 14.1. The molecule has 0 aromatic heterocycles. The zero-order valence-corrected chi connectivity index (χ0v) is 41.3. The van der Waals surface area contributed by atoms with Gasteiger partial charge in [-0.25, -0.2) is 14.4 Å². The Hall–Kier alpha value is -5.75. The average molecular weight is 918 g/mol. The Kier molecular flexibility index (Phi) is 21.6. The van der Waals surface area contributed by atoms with Crippen LogP contribution in [0.1, 0.15) is 128 Å². The molecule has 0 unspecified atom stereocenters. The van der Waals surface area contributed by atoms with E-state index < -0.39 is 130 Å². The summed E-state index contributed by atoms with van der Waals surface area (Å²) >= 11 is 0. The molecule has 19 heteroatoms. The number of esters is 2. The number of amides is 7. The number of benzene rings is 1. The van der Waals surface area contributed by atoms with Gasteiger partial charge in [0.15, 0.2) is 0 Å². The standard InChI is InChI=1S/C46H75N7O12/c1-18-27(8)33(49-35(54)30(24(2)3)47-36(55)31(25(4)5)51-43(62)65-44(10,11)12)39(58)52-45(13,14)41(60)50-34(28(9)64-40(59)29-22-20-19-21-23-29)37(56)48-32(26(6)7)38(57)53-46(15,16)42(61)63-17/h19-28,30-34H,18H2,1-17H3,(H,47,55)(H,48,56)(H,49,54)(H,50,60)(H,51,62)(H,52,58)(H,53,57)/t27-,28+,30-,31-,32-,33-,34-/m0/s1. The first-order valence-electron chi connectivity index (χ1n) is 22.0. The second-order valence-electron chi connectivity index (χ2n) is 19.3. The highest BCUT2D eigenvalue weighted by atomic mass is 16.6. The fraction of sp³-hybridized carbons (Fsp3) is 0.674. The molecule has 65 heavy (non-hydrogen) atoms. The minimum Gasteiger partial charge on any atom is -0.467 e. The predicted molar refractivity (Wildman–Crippen MR) is 243 cm³/mol. The molecule has 7 atom stereocenters. The summed E-state index contributed by atoms with van der Waals surface area (Å²) in [7, 11) is 1.16. The van der Waals surface area contributed by atoms with Crippen molar-refractivity contribution in [3.63, 3.8) is 0 Å². The Bertz CT molecular complexity index is 1840. The Labute approximate surface area is 384 Å². The van der Waals surface area contributed by atoms with Crippen molar-refractivity contribution < 1.29 is 57.4 Å². The summed E-state index contributed by atoms with van der Waals surface area (Å²) in [6.45, 7) is 25.7. The molecule has 7 amide bonds. The summed E-state index contributed by atoms with van der Waals surface area (Å²) in [5, 5.41) is 18.4. The van der Waals surface area contributed by atoms with Crippen LogP contribution >= 0.6 is 0 Å². The van der Waals surface area contributed by atoms with E-state index in [2.05, 4.69) is 37.2 Å². The summed E-state index contributed by atoms with van der Waals surface area (Å²) in [5.41, 5.74) is -3.90. The maximum Gasteiger partial charge on any atom is 0.408 e. The van der Waals surface area contributed by atoms with Crippen LogP contribution in [0.15, 0.2) is 30.3 Å². The van der Waals surface area contributed by atoms with E-state index >= 15 is 0 Å². The van der Waals surface area contributed by atoms with Gasteiger partial charge in [0.05, 0.1) is 12.7 Å². The largest absolute Gasteiger partial charge is 0.467 e. The van der Waals surface area contributed by atoms with Crippen molar-refractivity contribution in [2.24, 2.45) is 23.7 Å². The number of ether oxygens (including phenoxy) is 3. The van der Waals surface area contributed by atoms with Crippen LogP contribution in [-0.2, 0) is 47.8 Å². The van der Waals surface area contributed by atoms with Crippen LogP contribution in [0.25, 0.3) is 0 Å². The summed E-state index contributed by atoms with van der Waals surface area (Å²) in [6, 6.07) is 1.62. The number of nitrogens with one attached hydrogen (secondary N) is 7. The van der Waals surface area contributed by atoms with E-state index in [1.165, 1.54) is 46.8 Å². The van der Waals surface area contributed by atoms with Crippen LogP contribution in [0.5, 0.6) is 0 Å². The Balaban J connectivity index is 3.46. The molecule has 0 spiro atoms. The maximum absolute atomic E-state index is 14.1. The number of hydrogen-bond donors (Lipinski definition) is 7. The molecule has 1 rings (SSSR count). The molecule has 1 aromatic rings. The molecule has 0 saturated heterocycles. The van der Waals surface area contributed by atoms with Crippen molar-refractivity contribution in [2.75, 3.05) is 7.11 Å². The van der Waals surface area contributed by atoms with Gasteiger partial charge in [-0.2, -0.15) is 0 Å². The second-order valence-corrected chi connectivity index (χ2v) is 19.3. The lowest BCUT2D eigenvalue weighted by molar-refractivity contribution is -0.150. The fourth-order valence-corrected chi connectivity index (χ4v) is 6.20. The first kappa shape index (κ1) is 57.3. The minimum atomic E-state index is -1.78. The molecule has 0 bridgehead atoms. The third kappa shape index (κ3) is 18.0. The van der Waals surface area contributed by atoms with Crippen molar-refractivity contribution in [2.45, 2.75) is 170 Å². The van der Waals surface area contributed by atoms with Crippen molar-refractivity contribution in [1.29, 1.82) is 0 Å². The molecule has 0 aliphatic rings. The monoisotopic (exact) mass is 918 g/mol. The molecular weight excluding hydrogens is 843 g/mol. The lowest BCUT2D eigenvalue weighted by atomic mass is 9.94.